The maximum absolute atomic E-state index is 12.3. The van der Waals surface area contributed by atoms with E-state index in [0.717, 1.165) is 51.7 Å². The topological polar surface area (TPSA) is 51.1 Å². The van der Waals surface area contributed by atoms with E-state index in [1.807, 2.05) is 6.92 Å². The van der Waals surface area contributed by atoms with Crippen LogP contribution in [0.5, 0.6) is 0 Å². The van der Waals surface area contributed by atoms with Gasteiger partial charge in [-0.2, -0.15) is 5.10 Å². The number of carbonyl (C=O) groups is 1. The molecule has 0 aromatic rings. The molecule has 0 radical (unpaired) electrons. The van der Waals surface area contributed by atoms with Gasteiger partial charge in [0.15, 0.2) is 0 Å². The number of ether oxygens (including phenoxy) is 2. The van der Waals surface area contributed by atoms with Crippen LogP contribution in [0.25, 0.3) is 0 Å². The van der Waals surface area contributed by atoms with Crippen LogP contribution in [0.4, 0.5) is 0 Å². The predicted octanol–water partition coefficient (Wildman–Crippen LogP) is 3.87. The first-order chi connectivity index (χ1) is 12.0. The molecule has 0 amide bonds. The van der Waals surface area contributed by atoms with Crippen molar-refractivity contribution in [2.24, 2.45) is 22.9 Å². The van der Waals surface area contributed by atoms with Crippen LogP contribution in [0.1, 0.15) is 65.7 Å². The van der Waals surface area contributed by atoms with Crippen molar-refractivity contribution in [3.63, 3.8) is 0 Å². The lowest BCUT2D eigenvalue weighted by atomic mass is 9.88. The molecule has 1 aliphatic heterocycles. The summed E-state index contributed by atoms with van der Waals surface area (Å²) in [5.41, 5.74) is 1.25. The summed E-state index contributed by atoms with van der Waals surface area (Å²) in [5, 5.41) is 7.27. The van der Waals surface area contributed by atoms with Crippen LogP contribution >= 0.6 is 0 Å². The molecule has 0 bridgehead atoms. The van der Waals surface area contributed by atoms with E-state index in [1.165, 1.54) is 12.1 Å². The second kappa shape index (κ2) is 10.1. The number of hydrogen-bond donors (Lipinski definition) is 0. The van der Waals surface area contributed by atoms with Crippen molar-refractivity contribution in [1.29, 1.82) is 0 Å². The van der Waals surface area contributed by atoms with Crippen LogP contribution in [-0.2, 0) is 14.3 Å². The van der Waals surface area contributed by atoms with Gasteiger partial charge in [-0.3, -0.25) is 9.80 Å². The lowest BCUT2D eigenvalue weighted by Crippen LogP contribution is -2.31. The number of hydrazone groups is 1. The maximum Gasteiger partial charge on any atom is 0.309 e. The van der Waals surface area contributed by atoms with Crippen LogP contribution < -0.4 is 0 Å². The summed E-state index contributed by atoms with van der Waals surface area (Å²) in [6.07, 6.45) is 7.47. The third-order valence-electron chi connectivity index (χ3n) is 5.37. The molecule has 0 spiro atoms. The number of methoxy groups -OCH3 is 1. The molecule has 144 valence electrons. The van der Waals surface area contributed by atoms with Crippen LogP contribution in [0, 0.1) is 17.8 Å². The molecule has 3 atom stereocenters. The van der Waals surface area contributed by atoms with Gasteiger partial charge < -0.3 is 9.47 Å². The molecule has 5 heteroatoms. The van der Waals surface area contributed by atoms with Crippen LogP contribution in [0.3, 0.4) is 0 Å². The van der Waals surface area contributed by atoms with Gasteiger partial charge in [-0.15, -0.1) is 0 Å². The van der Waals surface area contributed by atoms with Crippen molar-refractivity contribution < 1.29 is 14.3 Å². The molecule has 0 unspecified atom stereocenters. The summed E-state index contributed by atoms with van der Waals surface area (Å²) in [6.45, 7) is 8.60. The fourth-order valence-electron chi connectivity index (χ4n) is 4.28. The summed E-state index contributed by atoms with van der Waals surface area (Å²) in [7, 11) is 1.76. The van der Waals surface area contributed by atoms with Gasteiger partial charge in [-0.05, 0) is 57.3 Å². The van der Waals surface area contributed by atoms with Crippen molar-refractivity contribution in [1.82, 2.24) is 5.01 Å². The highest BCUT2D eigenvalue weighted by Crippen LogP contribution is 2.36. The van der Waals surface area contributed by atoms with Crippen molar-refractivity contribution in [2.75, 3.05) is 26.9 Å². The zero-order valence-electron chi connectivity index (χ0n) is 16.5. The van der Waals surface area contributed by atoms with Gasteiger partial charge in [-0.25, -0.2) is 0 Å². The minimum absolute atomic E-state index is 0.00710. The number of rotatable bonds is 9. The van der Waals surface area contributed by atoms with Gasteiger partial charge in [-0.1, -0.05) is 20.3 Å². The highest BCUT2D eigenvalue weighted by atomic mass is 16.5. The quantitative estimate of drug-likeness (QED) is 0.467. The minimum atomic E-state index is -0.00710. The van der Waals surface area contributed by atoms with Gasteiger partial charge in [0.05, 0.1) is 25.2 Å². The van der Waals surface area contributed by atoms with E-state index in [9.17, 15) is 4.79 Å². The molecule has 1 saturated heterocycles. The zero-order chi connectivity index (χ0) is 18.2. The molecule has 1 saturated carbocycles. The summed E-state index contributed by atoms with van der Waals surface area (Å²) in [4.78, 5) is 12.3. The Balaban J connectivity index is 2.06. The van der Waals surface area contributed by atoms with Gasteiger partial charge >= 0.3 is 5.97 Å². The summed E-state index contributed by atoms with van der Waals surface area (Å²) < 4.78 is 10.7. The maximum atomic E-state index is 12.3. The molecule has 2 fully saturated rings. The van der Waals surface area contributed by atoms with E-state index in [0.29, 0.717) is 24.5 Å². The highest BCUT2D eigenvalue weighted by molar-refractivity contribution is 5.85. The van der Waals surface area contributed by atoms with Crippen molar-refractivity contribution in [2.45, 2.75) is 71.8 Å². The van der Waals surface area contributed by atoms with E-state index >= 15 is 0 Å². The molecular formula is C20H36N2O3. The average Bonchev–Trinajstić information content (AvgIpc) is 3.17. The predicted molar refractivity (Wildman–Crippen MR) is 101 cm³/mol. The number of hydrogen-bond acceptors (Lipinski definition) is 5. The summed E-state index contributed by atoms with van der Waals surface area (Å²) in [6, 6.07) is 0.400. The fraction of sp³-hybridized carbons (Fsp3) is 0.900. The van der Waals surface area contributed by atoms with E-state index < -0.39 is 0 Å². The van der Waals surface area contributed by atoms with Crippen molar-refractivity contribution in [3.8, 4) is 0 Å². The third-order valence-corrected chi connectivity index (χ3v) is 5.37. The second-order valence-electron chi connectivity index (χ2n) is 7.93. The number of carbonyl (C=O) groups excluding carboxylic acids is 1. The van der Waals surface area contributed by atoms with Gasteiger partial charge in [0, 0.05) is 19.4 Å². The van der Waals surface area contributed by atoms with Crippen molar-refractivity contribution in [3.05, 3.63) is 0 Å². The Kier molecular flexibility index (Phi) is 8.20. The van der Waals surface area contributed by atoms with Crippen LogP contribution in [0.2, 0.25) is 0 Å². The third kappa shape index (κ3) is 5.98. The zero-order valence-corrected chi connectivity index (χ0v) is 16.5. The van der Waals surface area contributed by atoms with E-state index in [1.54, 1.807) is 7.11 Å². The first-order valence-corrected chi connectivity index (χ1v) is 10.0. The van der Waals surface area contributed by atoms with Gasteiger partial charge in [0.25, 0.3) is 0 Å². The van der Waals surface area contributed by atoms with Gasteiger partial charge in [0.2, 0.25) is 0 Å². The Labute approximate surface area is 153 Å². The van der Waals surface area contributed by atoms with E-state index in [-0.39, 0.29) is 11.9 Å². The highest BCUT2D eigenvalue weighted by Gasteiger charge is 2.35. The number of esters is 1. The fourth-order valence-corrected chi connectivity index (χ4v) is 4.28. The Bertz CT molecular complexity index is 450. The molecule has 2 aliphatic rings. The SMILES string of the molecule is CCOC(=O)[C@H]1CCC[C@@H]1C/C(CC(C)C)=N\N1CCC[C@H]1COC. The molecule has 25 heavy (non-hydrogen) atoms. The largest absolute Gasteiger partial charge is 0.466 e. The molecule has 0 aromatic carbocycles. The standard InChI is InChI=1S/C20H36N2O3/c1-5-25-20(23)19-10-6-8-16(19)13-17(12-15(2)3)21-22-11-7-9-18(22)14-24-4/h15-16,18-19H,5-14H2,1-4H3/b21-17-/t16-,18+,19+/m1/s1. The minimum Gasteiger partial charge on any atom is -0.466 e. The Morgan fingerprint density at radius 2 is 2.04 bits per heavy atom. The monoisotopic (exact) mass is 352 g/mol. The molecule has 2 rings (SSSR count). The molecule has 0 aromatic heterocycles. The Morgan fingerprint density at radius 3 is 2.72 bits per heavy atom. The molecule has 0 N–H and O–H groups in total. The van der Waals surface area contributed by atoms with Crippen LogP contribution in [-0.4, -0.2) is 49.6 Å². The summed E-state index contributed by atoms with van der Waals surface area (Å²) >= 11 is 0. The van der Waals surface area contributed by atoms with E-state index in [4.69, 9.17) is 14.6 Å². The smallest absolute Gasteiger partial charge is 0.309 e. The number of nitrogens with zero attached hydrogens (tertiary/aromatic N) is 2. The Morgan fingerprint density at radius 1 is 1.24 bits per heavy atom. The van der Waals surface area contributed by atoms with Crippen molar-refractivity contribution >= 4 is 11.7 Å². The summed E-state index contributed by atoms with van der Waals surface area (Å²) in [5.74, 6) is 1.02. The molecule has 5 nitrogen and oxygen atoms in total. The van der Waals surface area contributed by atoms with Gasteiger partial charge in [0.1, 0.15) is 0 Å². The normalized spacial score (nSPS) is 27.3. The second-order valence-corrected chi connectivity index (χ2v) is 7.93. The Hall–Kier alpha value is -1.10. The lowest BCUT2D eigenvalue weighted by molar-refractivity contribution is -0.149. The lowest BCUT2D eigenvalue weighted by Gasteiger charge is -2.25. The van der Waals surface area contributed by atoms with E-state index in [2.05, 4.69) is 18.9 Å². The molecule has 1 heterocycles. The first-order valence-electron chi connectivity index (χ1n) is 10.0. The molecular weight excluding hydrogens is 316 g/mol. The first kappa shape index (κ1) is 20.2. The average molecular weight is 353 g/mol. The molecule has 1 aliphatic carbocycles. The van der Waals surface area contributed by atoms with Crippen LogP contribution in [0.15, 0.2) is 5.10 Å².